The molecular formula is C25H26ClNO2S. The summed E-state index contributed by atoms with van der Waals surface area (Å²) in [5.74, 6) is -0.299. The van der Waals surface area contributed by atoms with Crippen LogP contribution in [0, 0.1) is 13.8 Å². The topological polar surface area (TPSA) is 37.4 Å². The minimum absolute atomic E-state index is 0.00244. The summed E-state index contributed by atoms with van der Waals surface area (Å²) in [6.45, 7) is 4.09. The lowest BCUT2D eigenvalue weighted by Crippen LogP contribution is -2.40. The first-order chi connectivity index (χ1) is 14.5. The van der Waals surface area contributed by atoms with Crippen LogP contribution in [0.25, 0.3) is 5.57 Å². The van der Waals surface area contributed by atoms with Crippen LogP contribution in [0.1, 0.15) is 55.2 Å². The van der Waals surface area contributed by atoms with E-state index in [0.717, 1.165) is 41.7 Å². The second kappa shape index (κ2) is 8.99. The smallest absolute Gasteiger partial charge is 0.268 e. The minimum atomic E-state index is -0.153. The Kier molecular flexibility index (Phi) is 6.35. The van der Waals surface area contributed by atoms with Gasteiger partial charge in [-0.2, -0.15) is 0 Å². The van der Waals surface area contributed by atoms with Crippen LogP contribution >= 0.6 is 23.4 Å². The summed E-state index contributed by atoms with van der Waals surface area (Å²) < 4.78 is 0. The zero-order valence-corrected chi connectivity index (χ0v) is 19.0. The summed E-state index contributed by atoms with van der Waals surface area (Å²) in [4.78, 5) is 30.1. The number of hydrogen-bond acceptors (Lipinski definition) is 3. The summed E-state index contributed by atoms with van der Waals surface area (Å²) >= 11 is 7.39. The summed E-state index contributed by atoms with van der Waals surface area (Å²) in [5.41, 5.74) is 3.64. The van der Waals surface area contributed by atoms with Gasteiger partial charge in [0, 0.05) is 16.0 Å². The van der Waals surface area contributed by atoms with Gasteiger partial charge in [0.2, 0.25) is 0 Å². The Balaban J connectivity index is 1.76. The Labute approximate surface area is 187 Å². The molecule has 4 rings (SSSR count). The number of benzene rings is 2. The van der Waals surface area contributed by atoms with Gasteiger partial charge in [-0.15, -0.1) is 0 Å². The summed E-state index contributed by atoms with van der Waals surface area (Å²) in [6, 6.07) is 13.4. The molecule has 0 radical (unpaired) electrons. The molecule has 0 bridgehead atoms. The number of aryl methyl sites for hydroxylation is 2. The van der Waals surface area contributed by atoms with E-state index >= 15 is 0 Å². The van der Waals surface area contributed by atoms with Crippen LogP contribution in [-0.4, -0.2) is 22.8 Å². The Morgan fingerprint density at radius 3 is 2.17 bits per heavy atom. The molecule has 1 fully saturated rings. The number of amides is 2. The number of hydrogen-bond donors (Lipinski definition) is 0. The van der Waals surface area contributed by atoms with Crippen molar-refractivity contribution in [2.45, 2.75) is 63.3 Å². The monoisotopic (exact) mass is 439 g/mol. The predicted molar refractivity (Wildman–Crippen MR) is 123 cm³/mol. The van der Waals surface area contributed by atoms with Crippen LogP contribution in [0.4, 0.5) is 0 Å². The Morgan fingerprint density at radius 1 is 0.867 bits per heavy atom. The van der Waals surface area contributed by atoms with Gasteiger partial charge >= 0.3 is 0 Å². The van der Waals surface area contributed by atoms with E-state index in [1.807, 2.05) is 49.4 Å². The lowest BCUT2D eigenvalue weighted by atomic mass is 10.00. The van der Waals surface area contributed by atoms with Crippen LogP contribution in [-0.2, 0) is 9.59 Å². The van der Waals surface area contributed by atoms with Crippen molar-refractivity contribution in [1.82, 2.24) is 4.90 Å². The molecule has 0 aromatic heterocycles. The number of carbonyl (C=O) groups is 2. The van der Waals surface area contributed by atoms with Crippen molar-refractivity contribution in [3.63, 3.8) is 0 Å². The van der Waals surface area contributed by atoms with Gasteiger partial charge in [0.25, 0.3) is 11.8 Å². The molecule has 1 aliphatic heterocycles. The van der Waals surface area contributed by atoms with Crippen molar-refractivity contribution in [1.29, 1.82) is 0 Å². The van der Waals surface area contributed by atoms with Crippen molar-refractivity contribution in [2.75, 3.05) is 0 Å². The first-order valence-electron chi connectivity index (χ1n) is 10.6. The third kappa shape index (κ3) is 4.21. The molecule has 5 heteroatoms. The maximum absolute atomic E-state index is 13.6. The van der Waals surface area contributed by atoms with Gasteiger partial charge in [0.1, 0.15) is 0 Å². The SMILES string of the molecule is Cc1ccc(C2=C(Sc3ccc(Cl)cc3)C(=O)N(C3CCCCCC3)C2=O)cc1C. The fraction of sp³-hybridized carbons (Fsp3) is 0.360. The second-order valence-electron chi connectivity index (χ2n) is 8.18. The highest BCUT2D eigenvalue weighted by Gasteiger charge is 2.43. The van der Waals surface area contributed by atoms with E-state index in [9.17, 15) is 9.59 Å². The number of nitrogens with zero attached hydrogens (tertiary/aromatic N) is 1. The van der Waals surface area contributed by atoms with E-state index in [4.69, 9.17) is 11.6 Å². The van der Waals surface area contributed by atoms with Crippen LogP contribution in [0.3, 0.4) is 0 Å². The number of halogens is 1. The molecule has 2 aliphatic rings. The highest BCUT2D eigenvalue weighted by Crippen LogP contribution is 2.42. The normalized spacial score (nSPS) is 18.3. The molecule has 30 heavy (non-hydrogen) atoms. The zero-order valence-electron chi connectivity index (χ0n) is 17.4. The average molecular weight is 440 g/mol. The molecule has 156 valence electrons. The Bertz CT molecular complexity index is 1000. The van der Waals surface area contributed by atoms with E-state index in [-0.39, 0.29) is 17.9 Å². The van der Waals surface area contributed by atoms with E-state index in [1.54, 1.807) is 4.90 Å². The number of imide groups is 1. The first kappa shape index (κ1) is 21.2. The number of thioether (sulfide) groups is 1. The fourth-order valence-corrected chi connectivity index (χ4v) is 5.37. The zero-order chi connectivity index (χ0) is 21.3. The minimum Gasteiger partial charge on any atom is -0.271 e. The quantitative estimate of drug-likeness (QED) is 0.400. The van der Waals surface area contributed by atoms with Crippen molar-refractivity contribution in [2.24, 2.45) is 0 Å². The largest absolute Gasteiger partial charge is 0.271 e. The molecule has 3 nitrogen and oxygen atoms in total. The van der Waals surface area contributed by atoms with E-state index in [1.165, 1.54) is 30.2 Å². The van der Waals surface area contributed by atoms with Crippen LogP contribution in [0.15, 0.2) is 52.3 Å². The maximum Gasteiger partial charge on any atom is 0.268 e. The van der Waals surface area contributed by atoms with Crippen molar-refractivity contribution < 1.29 is 9.59 Å². The fourth-order valence-electron chi connectivity index (χ4n) is 4.24. The van der Waals surface area contributed by atoms with E-state index in [0.29, 0.717) is 15.5 Å². The Hall–Kier alpha value is -2.04. The van der Waals surface area contributed by atoms with Crippen LogP contribution in [0.2, 0.25) is 5.02 Å². The summed E-state index contributed by atoms with van der Waals surface area (Å²) in [6.07, 6.45) is 6.29. The third-order valence-corrected chi connectivity index (χ3v) is 7.43. The molecule has 0 saturated heterocycles. The molecule has 2 aromatic rings. The first-order valence-corrected chi connectivity index (χ1v) is 11.8. The van der Waals surface area contributed by atoms with Crippen LogP contribution in [0.5, 0.6) is 0 Å². The van der Waals surface area contributed by atoms with E-state index < -0.39 is 0 Å². The molecule has 0 N–H and O–H groups in total. The maximum atomic E-state index is 13.6. The van der Waals surface area contributed by atoms with Crippen molar-refractivity contribution >= 4 is 40.8 Å². The Morgan fingerprint density at radius 2 is 1.53 bits per heavy atom. The third-order valence-electron chi connectivity index (χ3n) is 6.09. The molecule has 0 atom stereocenters. The van der Waals surface area contributed by atoms with E-state index in [2.05, 4.69) is 6.92 Å². The van der Waals surface area contributed by atoms with Crippen LogP contribution < -0.4 is 0 Å². The van der Waals surface area contributed by atoms with Crippen molar-refractivity contribution in [3.05, 3.63) is 69.1 Å². The lowest BCUT2D eigenvalue weighted by Gasteiger charge is -2.25. The molecule has 2 amide bonds. The van der Waals surface area contributed by atoms with Gasteiger partial charge in [-0.3, -0.25) is 14.5 Å². The highest BCUT2D eigenvalue weighted by atomic mass is 35.5. The predicted octanol–water partition coefficient (Wildman–Crippen LogP) is 6.55. The molecule has 0 unspecified atom stereocenters. The van der Waals surface area contributed by atoms with Gasteiger partial charge < -0.3 is 0 Å². The molecule has 2 aromatic carbocycles. The number of rotatable bonds is 4. The second-order valence-corrected chi connectivity index (χ2v) is 9.71. The van der Waals surface area contributed by atoms with Gasteiger partial charge in [-0.1, -0.05) is 67.2 Å². The summed E-state index contributed by atoms with van der Waals surface area (Å²) in [7, 11) is 0. The number of carbonyl (C=O) groups excluding carboxylic acids is 2. The lowest BCUT2D eigenvalue weighted by molar-refractivity contribution is -0.139. The molecule has 1 saturated carbocycles. The van der Waals surface area contributed by atoms with Gasteiger partial charge in [0.05, 0.1) is 10.5 Å². The molecule has 1 aliphatic carbocycles. The molecule has 1 heterocycles. The standard InChI is InChI=1S/C25H26ClNO2S/c1-16-9-10-18(15-17(16)2)22-23(30-21-13-11-19(26)12-14-21)25(29)27(24(22)28)20-7-5-3-4-6-8-20/h9-15,20H,3-8H2,1-2H3. The molecule has 0 spiro atoms. The van der Waals surface area contributed by atoms with Gasteiger partial charge in [0.15, 0.2) is 0 Å². The van der Waals surface area contributed by atoms with Gasteiger partial charge in [-0.25, -0.2) is 0 Å². The molecular weight excluding hydrogens is 414 g/mol. The summed E-state index contributed by atoms with van der Waals surface area (Å²) in [5, 5.41) is 0.650. The highest BCUT2D eigenvalue weighted by molar-refractivity contribution is 8.04. The van der Waals surface area contributed by atoms with Crippen molar-refractivity contribution in [3.8, 4) is 0 Å². The van der Waals surface area contributed by atoms with Gasteiger partial charge in [-0.05, 0) is 67.6 Å². The average Bonchev–Trinajstić information content (AvgIpc) is 2.90.